The maximum atomic E-state index is 12.1. The summed E-state index contributed by atoms with van der Waals surface area (Å²) in [5, 5.41) is 11.0. The lowest BCUT2D eigenvalue weighted by atomic mass is 10.1. The summed E-state index contributed by atoms with van der Waals surface area (Å²) in [7, 11) is 4.40. The van der Waals surface area contributed by atoms with Gasteiger partial charge >= 0.3 is 5.63 Å². The molecule has 0 bridgehead atoms. The molecule has 0 radical (unpaired) electrons. The van der Waals surface area contributed by atoms with Crippen molar-refractivity contribution in [1.29, 1.82) is 0 Å². The number of ether oxygens (including phenoxy) is 3. The van der Waals surface area contributed by atoms with E-state index >= 15 is 0 Å². The monoisotopic (exact) mass is 384 g/mol. The first kappa shape index (κ1) is 18.9. The van der Waals surface area contributed by atoms with Gasteiger partial charge in [-0.1, -0.05) is 12.1 Å². The van der Waals surface area contributed by atoms with Crippen LogP contribution in [0.3, 0.4) is 0 Å². The average molecular weight is 384 g/mol. The Labute approximate surface area is 159 Å². The smallest absolute Gasteiger partial charge is 0.339 e. The number of non-ortho nitro benzene ring substituents is 1. The van der Waals surface area contributed by atoms with Gasteiger partial charge in [0.2, 0.25) is 11.6 Å². The summed E-state index contributed by atoms with van der Waals surface area (Å²) < 4.78 is 21.1. The molecule has 0 aliphatic rings. The lowest BCUT2D eigenvalue weighted by Crippen LogP contribution is -2.03. The van der Waals surface area contributed by atoms with E-state index in [9.17, 15) is 14.9 Å². The number of benzene rings is 2. The van der Waals surface area contributed by atoms with Crippen molar-refractivity contribution in [3.8, 4) is 40.0 Å². The maximum absolute atomic E-state index is 12.1. The maximum Gasteiger partial charge on any atom is 0.339 e. The van der Waals surface area contributed by atoms with E-state index in [1.165, 1.54) is 45.6 Å². The van der Waals surface area contributed by atoms with Crippen LogP contribution in [0.1, 0.15) is 0 Å². The van der Waals surface area contributed by atoms with Gasteiger partial charge in [-0.15, -0.1) is 0 Å². The van der Waals surface area contributed by atoms with Crippen molar-refractivity contribution in [2.75, 3.05) is 21.3 Å². The van der Waals surface area contributed by atoms with Crippen molar-refractivity contribution in [3.63, 3.8) is 0 Å². The second-order valence-electron chi connectivity index (χ2n) is 5.59. The highest BCUT2D eigenvalue weighted by atomic mass is 16.6. The number of methoxy groups -OCH3 is 3. The Morgan fingerprint density at radius 3 is 2.21 bits per heavy atom. The molecule has 0 aliphatic heterocycles. The van der Waals surface area contributed by atoms with Gasteiger partial charge < -0.3 is 18.6 Å². The molecular formula is C19H16N2O7. The number of hydrogen-bond donors (Lipinski definition) is 0. The Kier molecular flexibility index (Phi) is 5.25. The van der Waals surface area contributed by atoms with Gasteiger partial charge in [0.25, 0.3) is 5.69 Å². The molecule has 2 aromatic carbocycles. The zero-order valence-corrected chi connectivity index (χ0v) is 15.3. The summed E-state index contributed by atoms with van der Waals surface area (Å²) in [5.74, 6) is 1.11. The molecule has 0 fully saturated rings. The lowest BCUT2D eigenvalue weighted by molar-refractivity contribution is -0.384. The molecule has 9 heteroatoms. The van der Waals surface area contributed by atoms with Crippen molar-refractivity contribution in [2.24, 2.45) is 0 Å². The highest BCUT2D eigenvalue weighted by molar-refractivity contribution is 5.68. The standard InChI is InChI=1S/C19H16N2O7/c1-25-15-8-12(9-16(26-2)18(15)27-3)19-20-14(10-17(22)28-19)11-5-4-6-13(7-11)21(23)24/h4-10H,1-3H3. The fourth-order valence-corrected chi connectivity index (χ4v) is 2.66. The van der Waals surface area contributed by atoms with Crippen LogP contribution in [0.25, 0.3) is 22.7 Å². The molecule has 0 atom stereocenters. The Bertz CT molecular complexity index is 1070. The number of aromatic nitrogens is 1. The Morgan fingerprint density at radius 1 is 0.964 bits per heavy atom. The minimum absolute atomic E-state index is 0.00765. The first-order valence-corrected chi connectivity index (χ1v) is 8.04. The normalized spacial score (nSPS) is 10.4. The lowest BCUT2D eigenvalue weighted by Gasteiger charge is -2.13. The van der Waals surface area contributed by atoms with Crippen LogP contribution in [0.4, 0.5) is 5.69 Å². The van der Waals surface area contributed by atoms with Crippen molar-refractivity contribution in [1.82, 2.24) is 4.98 Å². The van der Waals surface area contributed by atoms with Crippen molar-refractivity contribution < 1.29 is 23.6 Å². The van der Waals surface area contributed by atoms with Gasteiger partial charge in [0.1, 0.15) is 0 Å². The van der Waals surface area contributed by atoms with Crippen LogP contribution in [0.2, 0.25) is 0 Å². The predicted octanol–water partition coefficient (Wildman–Crippen LogP) is 3.30. The number of hydrogen-bond acceptors (Lipinski definition) is 8. The number of nitrogens with zero attached hydrogens (tertiary/aromatic N) is 2. The van der Waals surface area contributed by atoms with E-state index in [4.69, 9.17) is 18.6 Å². The molecule has 3 aromatic rings. The first-order chi connectivity index (χ1) is 13.5. The molecule has 28 heavy (non-hydrogen) atoms. The summed E-state index contributed by atoms with van der Waals surface area (Å²) in [6, 6.07) is 10.2. The molecule has 0 saturated carbocycles. The van der Waals surface area contributed by atoms with Crippen LogP contribution >= 0.6 is 0 Å². The van der Waals surface area contributed by atoms with Gasteiger partial charge in [0.05, 0.1) is 38.0 Å². The number of nitro groups is 1. The largest absolute Gasteiger partial charge is 0.493 e. The average Bonchev–Trinajstić information content (AvgIpc) is 2.72. The Hall–Kier alpha value is -3.88. The Balaban J connectivity index is 2.16. The molecule has 3 rings (SSSR count). The molecule has 144 valence electrons. The molecule has 9 nitrogen and oxygen atoms in total. The molecule has 0 saturated heterocycles. The number of nitro benzene ring substituents is 1. The minimum Gasteiger partial charge on any atom is -0.493 e. The Morgan fingerprint density at radius 2 is 1.64 bits per heavy atom. The molecular weight excluding hydrogens is 368 g/mol. The fourth-order valence-electron chi connectivity index (χ4n) is 2.66. The van der Waals surface area contributed by atoms with Crippen molar-refractivity contribution in [2.45, 2.75) is 0 Å². The van der Waals surface area contributed by atoms with Gasteiger partial charge in [-0.05, 0) is 12.1 Å². The van der Waals surface area contributed by atoms with Crippen LogP contribution in [-0.2, 0) is 0 Å². The molecule has 0 amide bonds. The molecule has 0 unspecified atom stereocenters. The van der Waals surface area contributed by atoms with Gasteiger partial charge in [-0.2, -0.15) is 0 Å². The van der Waals surface area contributed by atoms with E-state index in [2.05, 4.69) is 4.98 Å². The quantitative estimate of drug-likeness (QED) is 0.470. The fraction of sp³-hybridized carbons (Fsp3) is 0.158. The minimum atomic E-state index is -0.653. The van der Waals surface area contributed by atoms with Crippen LogP contribution in [0.5, 0.6) is 17.2 Å². The zero-order valence-electron chi connectivity index (χ0n) is 15.3. The van der Waals surface area contributed by atoms with E-state index in [1.54, 1.807) is 18.2 Å². The van der Waals surface area contributed by atoms with Crippen LogP contribution < -0.4 is 19.8 Å². The second kappa shape index (κ2) is 7.78. The van der Waals surface area contributed by atoms with Crippen molar-refractivity contribution >= 4 is 5.69 Å². The summed E-state index contributed by atoms with van der Waals surface area (Å²) in [5.41, 5.74) is 0.306. The van der Waals surface area contributed by atoms with Crippen LogP contribution in [-0.4, -0.2) is 31.2 Å². The molecule has 0 spiro atoms. The van der Waals surface area contributed by atoms with E-state index in [-0.39, 0.29) is 17.3 Å². The zero-order chi connectivity index (χ0) is 20.3. The molecule has 0 aliphatic carbocycles. The van der Waals surface area contributed by atoms with Crippen LogP contribution in [0.15, 0.2) is 51.7 Å². The highest BCUT2D eigenvalue weighted by Crippen LogP contribution is 2.40. The van der Waals surface area contributed by atoms with Gasteiger partial charge in [0, 0.05) is 23.3 Å². The third-order valence-corrected chi connectivity index (χ3v) is 3.94. The van der Waals surface area contributed by atoms with E-state index in [0.717, 1.165) is 0 Å². The third-order valence-electron chi connectivity index (χ3n) is 3.94. The summed E-state index contributed by atoms with van der Waals surface area (Å²) in [6.45, 7) is 0. The SMILES string of the molecule is COc1cc(-c2nc(-c3cccc([N+](=O)[O-])c3)cc(=O)o2)cc(OC)c1OC. The van der Waals surface area contributed by atoms with E-state index in [1.807, 2.05) is 0 Å². The topological polar surface area (TPSA) is 114 Å². The predicted molar refractivity (Wildman–Crippen MR) is 100.0 cm³/mol. The summed E-state index contributed by atoms with van der Waals surface area (Å²) in [6.07, 6.45) is 0. The second-order valence-corrected chi connectivity index (χ2v) is 5.59. The van der Waals surface area contributed by atoms with E-state index in [0.29, 0.717) is 28.4 Å². The third kappa shape index (κ3) is 3.63. The van der Waals surface area contributed by atoms with Crippen molar-refractivity contribution in [3.05, 3.63) is 63.0 Å². The van der Waals surface area contributed by atoms with Gasteiger partial charge in [-0.3, -0.25) is 10.1 Å². The van der Waals surface area contributed by atoms with E-state index < -0.39 is 10.5 Å². The first-order valence-electron chi connectivity index (χ1n) is 8.04. The highest BCUT2D eigenvalue weighted by Gasteiger charge is 2.17. The number of rotatable bonds is 6. The summed E-state index contributed by atoms with van der Waals surface area (Å²) in [4.78, 5) is 26.9. The molecule has 1 aromatic heterocycles. The van der Waals surface area contributed by atoms with Gasteiger partial charge in [-0.25, -0.2) is 9.78 Å². The molecule has 1 heterocycles. The van der Waals surface area contributed by atoms with Crippen LogP contribution in [0, 0.1) is 10.1 Å². The van der Waals surface area contributed by atoms with Gasteiger partial charge in [0.15, 0.2) is 11.5 Å². The molecule has 0 N–H and O–H groups in total. The summed E-state index contributed by atoms with van der Waals surface area (Å²) >= 11 is 0.